The molecule has 1 N–H and O–H groups in total. The second kappa shape index (κ2) is 5.50. The highest BCUT2D eigenvalue weighted by atomic mass is 15.1. The van der Waals surface area contributed by atoms with Crippen LogP contribution >= 0.6 is 0 Å². The van der Waals surface area contributed by atoms with Crippen LogP contribution < -0.4 is 5.32 Å². The van der Waals surface area contributed by atoms with E-state index < -0.39 is 0 Å². The number of pyridine rings is 1. The molecule has 3 heteroatoms. The average molecular weight is 233 g/mol. The van der Waals surface area contributed by atoms with E-state index in [-0.39, 0.29) is 0 Å². The lowest BCUT2D eigenvalue weighted by Gasteiger charge is -2.34. The van der Waals surface area contributed by atoms with Gasteiger partial charge in [-0.1, -0.05) is 0 Å². The molecule has 0 amide bonds. The maximum atomic E-state index is 4.19. The molecular weight excluding hydrogens is 210 g/mol. The Kier molecular flexibility index (Phi) is 4.00. The summed E-state index contributed by atoms with van der Waals surface area (Å²) in [5, 5.41) is 3.61. The molecule has 1 aliphatic rings. The van der Waals surface area contributed by atoms with E-state index in [1.807, 2.05) is 12.4 Å². The summed E-state index contributed by atoms with van der Waals surface area (Å²) in [6.45, 7) is 6.86. The Morgan fingerprint density at radius 1 is 1.53 bits per heavy atom. The quantitative estimate of drug-likeness (QED) is 0.869. The summed E-state index contributed by atoms with van der Waals surface area (Å²) >= 11 is 0. The normalized spacial score (nSPS) is 23.4. The number of nitrogens with zero attached hydrogens (tertiary/aromatic N) is 2. The lowest BCUT2D eigenvalue weighted by molar-refractivity contribution is 0.197. The van der Waals surface area contributed by atoms with Gasteiger partial charge in [-0.05, 0) is 57.8 Å². The lowest BCUT2D eigenvalue weighted by Crippen LogP contribution is -2.39. The molecule has 94 valence electrons. The molecule has 3 nitrogen and oxygen atoms in total. The van der Waals surface area contributed by atoms with Crippen molar-refractivity contribution in [3.05, 3.63) is 24.0 Å². The third-order valence-corrected chi connectivity index (χ3v) is 3.79. The van der Waals surface area contributed by atoms with E-state index in [9.17, 15) is 0 Å². The predicted octanol–water partition coefficient (Wildman–Crippen LogP) is 2.53. The van der Waals surface area contributed by atoms with Crippen LogP contribution in [0.4, 0.5) is 5.69 Å². The Labute approximate surface area is 104 Å². The minimum Gasteiger partial charge on any atom is -0.381 e. The molecule has 0 aliphatic carbocycles. The highest BCUT2D eigenvalue weighted by Gasteiger charge is 2.22. The SMILES string of the molecule is Cc1ccncc1NC(C)C1CCCN(C)C1. The van der Waals surface area contributed by atoms with E-state index in [4.69, 9.17) is 0 Å². The largest absolute Gasteiger partial charge is 0.381 e. The van der Waals surface area contributed by atoms with Gasteiger partial charge in [-0.15, -0.1) is 0 Å². The minimum atomic E-state index is 0.514. The molecule has 0 spiro atoms. The summed E-state index contributed by atoms with van der Waals surface area (Å²) in [5.74, 6) is 0.744. The predicted molar refractivity (Wildman–Crippen MR) is 72.3 cm³/mol. The number of nitrogens with one attached hydrogen (secondary N) is 1. The summed E-state index contributed by atoms with van der Waals surface area (Å²) < 4.78 is 0. The molecule has 0 radical (unpaired) electrons. The van der Waals surface area contributed by atoms with Gasteiger partial charge in [0.1, 0.15) is 0 Å². The molecule has 1 aromatic heterocycles. The molecular formula is C14H23N3. The van der Waals surface area contributed by atoms with Gasteiger partial charge in [0.15, 0.2) is 0 Å². The smallest absolute Gasteiger partial charge is 0.0558 e. The average Bonchev–Trinajstić information content (AvgIpc) is 2.32. The monoisotopic (exact) mass is 233 g/mol. The van der Waals surface area contributed by atoms with Gasteiger partial charge in [-0.2, -0.15) is 0 Å². The van der Waals surface area contributed by atoms with Crippen molar-refractivity contribution in [2.75, 3.05) is 25.5 Å². The van der Waals surface area contributed by atoms with E-state index >= 15 is 0 Å². The van der Waals surface area contributed by atoms with Crippen molar-refractivity contribution in [3.8, 4) is 0 Å². The first-order valence-corrected chi connectivity index (χ1v) is 6.52. The standard InChI is InChI=1S/C14H23N3/c1-11-6-7-15-9-14(11)16-12(2)13-5-4-8-17(3)10-13/h6-7,9,12-13,16H,4-5,8,10H2,1-3H3. The zero-order valence-electron chi connectivity index (χ0n) is 11.1. The molecule has 0 aromatic carbocycles. The van der Waals surface area contributed by atoms with E-state index in [2.05, 4.69) is 42.2 Å². The molecule has 1 fully saturated rings. The van der Waals surface area contributed by atoms with Crippen molar-refractivity contribution in [1.82, 2.24) is 9.88 Å². The van der Waals surface area contributed by atoms with E-state index in [0.29, 0.717) is 6.04 Å². The fraction of sp³-hybridized carbons (Fsp3) is 0.643. The number of piperidine rings is 1. The van der Waals surface area contributed by atoms with Crippen LogP contribution in [-0.4, -0.2) is 36.1 Å². The molecule has 2 unspecified atom stereocenters. The van der Waals surface area contributed by atoms with E-state index in [0.717, 1.165) is 5.92 Å². The van der Waals surface area contributed by atoms with Crippen LogP contribution in [0.1, 0.15) is 25.3 Å². The summed E-state index contributed by atoms with van der Waals surface area (Å²) in [4.78, 5) is 6.62. The Bertz CT molecular complexity index is 364. The highest BCUT2D eigenvalue weighted by Crippen LogP contribution is 2.22. The van der Waals surface area contributed by atoms with Crippen molar-refractivity contribution in [2.45, 2.75) is 32.7 Å². The second-order valence-corrected chi connectivity index (χ2v) is 5.29. The maximum absolute atomic E-state index is 4.19. The third kappa shape index (κ3) is 3.19. The number of likely N-dealkylation sites (tertiary alicyclic amines) is 1. The van der Waals surface area contributed by atoms with E-state index in [1.165, 1.54) is 37.2 Å². The van der Waals surface area contributed by atoms with Gasteiger partial charge >= 0.3 is 0 Å². The molecule has 2 atom stereocenters. The molecule has 2 rings (SSSR count). The molecule has 0 saturated carbocycles. The van der Waals surface area contributed by atoms with Crippen LogP contribution in [0.5, 0.6) is 0 Å². The van der Waals surface area contributed by atoms with Crippen molar-refractivity contribution >= 4 is 5.69 Å². The first kappa shape index (κ1) is 12.4. The summed E-state index contributed by atoms with van der Waals surface area (Å²) in [5.41, 5.74) is 2.45. The molecule has 1 aliphatic heterocycles. The number of rotatable bonds is 3. The number of hydrogen-bond acceptors (Lipinski definition) is 3. The van der Waals surface area contributed by atoms with Crippen molar-refractivity contribution in [3.63, 3.8) is 0 Å². The fourth-order valence-corrected chi connectivity index (χ4v) is 2.59. The fourth-order valence-electron chi connectivity index (χ4n) is 2.59. The summed E-state index contributed by atoms with van der Waals surface area (Å²) in [6, 6.07) is 2.57. The van der Waals surface area contributed by atoms with Crippen LogP contribution in [-0.2, 0) is 0 Å². The second-order valence-electron chi connectivity index (χ2n) is 5.29. The van der Waals surface area contributed by atoms with Crippen molar-refractivity contribution in [2.24, 2.45) is 5.92 Å². The Morgan fingerprint density at radius 2 is 2.35 bits per heavy atom. The van der Waals surface area contributed by atoms with Crippen LogP contribution in [0.3, 0.4) is 0 Å². The zero-order valence-corrected chi connectivity index (χ0v) is 11.1. The topological polar surface area (TPSA) is 28.2 Å². The van der Waals surface area contributed by atoms with Gasteiger partial charge in [0, 0.05) is 18.8 Å². The first-order chi connectivity index (χ1) is 8.16. The maximum Gasteiger partial charge on any atom is 0.0558 e. The molecule has 2 heterocycles. The van der Waals surface area contributed by atoms with Gasteiger partial charge in [-0.3, -0.25) is 4.98 Å². The highest BCUT2D eigenvalue weighted by molar-refractivity contribution is 5.48. The van der Waals surface area contributed by atoms with Crippen molar-refractivity contribution in [1.29, 1.82) is 0 Å². The van der Waals surface area contributed by atoms with Crippen LogP contribution in [0.2, 0.25) is 0 Å². The Morgan fingerprint density at radius 3 is 3.06 bits per heavy atom. The van der Waals surface area contributed by atoms with Gasteiger partial charge in [0.25, 0.3) is 0 Å². The van der Waals surface area contributed by atoms with Gasteiger partial charge < -0.3 is 10.2 Å². The van der Waals surface area contributed by atoms with Gasteiger partial charge in [-0.25, -0.2) is 0 Å². The van der Waals surface area contributed by atoms with E-state index in [1.54, 1.807) is 0 Å². The third-order valence-electron chi connectivity index (χ3n) is 3.79. The molecule has 1 saturated heterocycles. The summed E-state index contributed by atoms with van der Waals surface area (Å²) in [7, 11) is 2.22. The number of aromatic nitrogens is 1. The van der Waals surface area contributed by atoms with Gasteiger partial charge in [0.2, 0.25) is 0 Å². The van der Waals surface area contributed by atoms with Gasteiger partial charge in [0.05, 0.1) is 11.9 Å². The molecule has 1 aromatic rings. The number of aryl methyl sites for hydroxylation is 1. The van der Waals surface area contributed by atoms with Crippen molar-refractivity contribution < 1.29 is 0 Å². The van der Waals surface area contributed by atoms with Crippen LogP contribution in [0.15, 0.2) is 18.5 Å². The zero-order chi connectivity index (χ0) is 12.3. The summed E-state index contributed by atoms with van der Waals surface area (Å²) in [6.07, 6.45) is 6.43. The first-order valence-electron chi connectivity index (χ1n) is 6.52. The minimum absolute atomic E-state index is 0.514. The number of hydrogen-bond donors (Lipinski definition) is 1. The Balaban J connectivity index is 1.96. The van der Waals surface area contributed by atoms with Crippen LogP contribution in [0.25, 0.3) is 0 Å². The Hall–Kier alpha value is -1.09. The lowest BCUT2D eigenvalue weighted by atomic mass is 9.91. The number of anilines is 1. The van der Waals surface area contributed by atoms with Crippen LogP contribution in [0, 0.1) is 12.8 Å². The molecule has 0 bridgehead atoms. The molecule has 17 heavy (non-hydrogen) atoms.